The molecule has 118 valence electrons. The molecule has 0 aromatic heterocycles. The van der Waals surface area contributed by atoms with Crippen LogP contribution in [0.25, 0.3) is 0 Å². The van der Waals surface area contributed by atoms with Crippen LogP contribution in [0.1, 0.15) is 44.9 Å². The number of hydrogen-bond acceptors (Lipinski definition) is 3. The zero-order valence-corrected chi connectivity index (χ0v) is 15.4. The highest BCUT2D eigenvalue weighted by molar-refractivity contribution is 8.07. The van der Waals surface area contributed by atoms with Crippen molar-refractivity contribution in [3.8, 4) is 0 Å². The summed E-state index contributed by atoms with van der Waals surface area (Å²) in [4.78, 5) is 0. The van der Waals surface area contributed by atoms with Crippen molar-refractivity contribution in [2.45, 2.75) is 50.7 Å². The molecule has 3 atom stereocenters. The fraction of sp³-hybridized carbons (Fsp3) is 0.667. The van der Waals surface area contributed by atoms with Gasteiger partial charge in [0.2, 0.25) is 0 Å². The van der Waals surface area contributed by atoms with Crippen LogP contribution in [0, 0.1) is 5.92 Å². The third-order valence-electron chi connectivity index (χ3n) is 3.94. The standard InChI is InChI=1S/C18H29NS2/c1-5-19-17(18-14(4)20-9-10-21-18)16-8-6-7-15(12-16)11-13(2)3/h6-8,12-14,17-19H,5,9-11H2,1-4H3. The number of rotatable bonds is 6. The lowest BCUT2D eigenvalue weighted by atomic mass is 9.96. The predicted molar refractivity (Wildman–Crippen MR) is 99.6 cm³/mol. The highest BCUT2D eigenvalue weighted by atomic mass is 32.2. The minimum atomic E-state index is 0.481. The van der Waals surface area contributed by atoms with Gasteiger partial charge in [-0.1, -0.05) is 52.0 Å². The first kappa shape index (κ1) is 17.2. The predicted octanol–water partition coefficient (Wildman–Crippen LogP) is 4.77. The quantitative estimate of drug-likeness (QED) is 0.809. The zero-order valence-electron chi connectivity index (χ0n) is 13.8. The number of benzene rings is 1. The SMILES string of the molecule is CCNC(c1cccc(CC(C)C)c1)C1SCCSC1C. The van der Waals surface area contributed by atoms with Gasteiger partial charge in [0, 0.05) is 28.0 Å². The van der Waals surface area contributed by atoms with Gasteiger partial charge in [-0.3, -0.25) is 0 Å². The van der Waals surface area contributed by atoms with E-state index in [0.717, 1.165) is 17.7 Å². The largest absolute Gasteiger partial charge is 0.309 e. The van der Waals surface area contributed by atoms with Gasteiger partial charge in [0.25, 0.3) is 0 Å². The van der Waals surface area contributed by atoms with E-state index >= 15 is 0 Å². The summed E-state index contributed by atoms with van der Waals surface area (Å²) in [7, 11) is 0. The third kappa shape index (κ3) is 4.94. The molecule has 0 amide bonds. The second-order valence-electron chi connectivity index (χ2n) is 6.29. The Kier molecular flexibility index (Phi) is 6.97. The molecule has 1 saturated heterocycles. The Morgan fingerprint density at radius 2 is 2.00 bits per heavy atom. The van der Waals surface area contributed by atoms with Crippen LogP contribution >= 0.6 is 23.5 Å². The van der Waals surface area contributed by atoms with E-state index < -0.39 is 0 Å². The Morgan fingerprint density at radius 3 is 2.67 bits per heavy atom. The van der Waals surface area contributed by atoms with Crippen molar-refractivity contribution in [2.24, 2.45) is 5.92 Å². The molecule has 1 aromatic rings. The van der Waals surface area contributed by atoms with Crippen molar-refractivity contribution < 1.29 is 0 Å². The maximum atomic E-state index is 3.75. The van der Waals surface area contributed by atoms with Crippen molar-refractivity contribution in [2.75, 3.05) is 18.1 Å². The average Bonchev–Trinajstić information content (AvgIpc) is 2.45. The summed E-state index contributed by atoms with van der Waals surface area (Å²) in [6, 6.07) is 9.74. The van der Waals surface area contributed by atoms with E-state index in [1.807, 2.05) is 0 Å². The van der Waals surface area contributed by atoms with Gasteiger partial charge in [-0.2, -0.15) is 23.5 Å². The summed E-state index contributed by atoms with van der Waals surface area (Å²) < 4.78 is 0. The van der Waals surface area contributed by atoms with E-state index in [-0.39, 0.29) is 0 Å². The van der Waals surface area contributed by atoms with Crippen LogP contribution < -0.4 is 5.32 Å². The normalized spacial score (nSPS) is 24.2. The topological polar surface area (TPSA) is 12.0 Å². The first-order valence-corrected chi connectivity index (χ1v) is 10.3. The average molecular weight is 324 g/mol. The first-order valence-electron chi connectivity index (χ1n) is 8.17. The Bertz CT molecular complexity index is 433. The number of thioether (sulfide) groups is 2. The molecule has 0 aliphatic carbocycles. The molecule has 1 nitrogen and oxygen atoms in total. The van der Waals surface area contributed by atoms with E-state index in [1.54, 1.807) is 0 Å². The van der Waals surface area contributed by atoms with Gasteiger partial charge in [0.05, 0.1) is 0 Å². The first-order chi connectivity index (χ1) is 10.1. The Morgan fingerprint density at radius 1 is 1.24 bits per heavy atom. The maximum Gasteiger partial charge on any atom is 0.0451 e. The van der Waals surface area contributed by atoms with Gasteiger partial charge >= 0.3 is 0 Å². The molecule has 3 heteroatoms. The molecule has 0 radical (unpaired) electrons. The monoisotopic (exact) mass is 323 g/mol. The summed E-state index contributed by atoms with van der Waals surface area (Å²) in [6.07, 6.45) is 1.18. The minimum Gasteiger partial charge on any atom is -0.309 e. The highest BCUT2D eigenvalue weighted by Crippen LogP contribution is 2.38. The van der Waals surface area contributed by atoms with Crippen LogP contribution in [0.4, 0.5) is 0 Å². The molecule has 1 aliphatic rings. The lowest BCUT2D eigenvalue weighted by Crippen LogP contribution is -2.37. The van der Waals surface area contributed by atoms with E-state index in [4.69, 9.17) is 0 Å². The Hall–Kier alpha value is -0.120. The molecule has 21 heavy (non-hydrogen) atoms. The Balaban J connectivity index is 2.20. The van der Waals surface area contributed by atoms with Crippen LogP contribution in [-0.2, 0) is 6.42 Å². The smallest absolute Gasteiger partial charge is 0.0451 e. The Labute approximate surface area is 139 Å². The van der Waals surface area contributed by atoms with Crippen LogP contribution in [0.5, 0.6) is 0 Å². The van der Waals surface area contributed by atoms with Crippen LogP contribution in [0.3, 0.4) is 0 Å². The van der Waals surface area contributed by atoms with E-state index in [1.165, 1.54) is 29.1 Å². The molecule has 2 rings (SSSR count). The highest BCUT2D eigenvalue weighted by Gasteiger charge is 2.30. The molecule has 1 aromatic carbocycles. The molecule has 0 spiro atoms. The van der Waals surface area contributed by atoms with E-state index in [0.29, 0.717) is 11.3 Å². The van der Waals surface area contributed by atoms with Crippen molar-refractivity contribution in [1.29, 1.82) is 0 Å². The summed E-state index contributed by atoms with van der Waals surface area (Å²) in [5, 5.41) is 5.15. The van der Waals surface area contributed by atoms with Gasteiger partial charge < -0.3 is 5.32 Å². The fourth-order valence-electron chi connectivity index (χ4n) is 3.04. The van der Waals surface area contributed by atoms with Crippen LogP contribution in [-0.4, -0.2) is 28.6 Å². The molecule has 3 unspecified atom stereocenters. The third-order valence-corrected chi connectivity index (χ3v) is 7.14. The summed E-state index contributed by atoms with van der Waals surface area (Å²) in [6.45, 7) is 10.2. The lowest BCUT2D eigenvalue weighted by Gasteiger charge is -2.35. The van der Waals surface area contributed by atoms with E-state index in [9.17, 15) is 0 Å². The van der Waals surface area contributed by atoms with Crippen molar-refractivity contribution >= 4 is 23.5 Å². The second-order valence-corrected chi connectivity index (χ2v) is 9.06. The summed E-state index contributed by atoms with van der Waals surface area (Å²) in [5.41, 5.74) is 2.95. The molecule has 0 bridgehead atoms. The zero-order chi connectivity index (χ0) is 15.2. The van der Waals surface area contributed by atoms with Crippen LogP contribution in [0.15, 0.2) is 24.3 Å². The second kappa shape index (κ2) is 8.50. The summed E-state index contributed by atoms with van der Waals surface area (Å²) in [5.74, 6) is 3.30. The van der Waals surface area contributed by atoms with E-state index in [2.05, 4.69) is 80.8 Å². The minimum absolute atomic E-state index is 0.481. The molecule has 1 fully saturated rings. The van der Waals surface area contributed by atoms with Crippen LogP contribution in [0.2, 0.25) is 0 Å². The molecule has 1 heterocycles. The van der Waals surface area contributed by atoms with Crippen molar-refractivity contribution in [3.05, 3.63) is 35.4 Å². The van der Waals surface area contributed by atoms with Crippen molar-refractivity contribution in [1.82, 2.24) is 5.32 Å². The molecular weight excluding hydrogens is 294 g/mol. The fourth-order valence-corrected chi connectivity index (χ4v) is 5.99. The van der Waals surface area contributed by atoms with Gasteiger partial charge in [-0.15, -0.1) is 0 Å². The molecular formula is C18H29NS2. The maximum absolute atomic E-state index is 3.75. The van der Waals surface area contributed by atoms with Gasteiger partial charge in [0.1, 0.15) is 0 Å². The van der Waals surface area contributed by atoms with Crippen molar-refractivity contribution in [3.63, 3.8) is 0 Å². The summed E-state index contributed by atoms with van der Waals surface area (Å²) >= 11 is 4.28. The number of nitrogens with one attached hydrogen (secondary N) is 1. The molecule has 1 aliphatic heterocycles. The van der Waals surface area contributed by atoms with Gasteiger partial charge in [-0.25, -0.2) is 0 Å². The van der Waals surface area contributed by atoms with Gasteiger partial charge in [0.15, 0.2) is 0 Å². The lowest BCUT2D eigenvalue weighted by molar-refractivity contribution is 0.524. The number of hydrogen-bond donors (Lipinski definition) is 1. The molecule has 0 saturated carbocycles. The van der Waals surface area contributed by atoms with Gasteiger partial charge in [-0.05, 0) is 30.0 Å². The molecule has 1 N–H and O–H groups in total.